The third-order valence-corrected chi connectivity index (χ3v) is 5.08. The zero-order valence-corrected chi connectivity index (χ0v) is 14.5. The molecule has 0 aliphatic carbocycles. The van der Waals surface area contributed by atoms with Crippen LogP contribution in [-0.2, 0) is 6.42 Å². The number of anilines is 1. The summed E-state index contributed by atoms with van der Waals surface area (Å²) in [7, 11) is 0. The molecule has 0 spiro atoms. The highest BCUT2D eigenvalue weighted by Crippen LogP contribution is 2.26. The van der Waals surface area contributed by atoms with Crippen molar-refractivity contribution >= 4 is 44.8 Å². The lowest BCUT2D eigenvalue weighted by Gasteiger charge is -2.04. The first-order valence-corrected chi connectivity index (χ1v) is 9.16. The van der Waals surface area contributed by atoms with E-state index in [-0.39, 0.29) is 11.9 Å². The number of nitrogens with zero attached hydrogens (tertiary/aromatic N) is 3. The Bertz CT molecular complexity index is 994. The highest BCUT2D eigenvalue weighted by atomic mass is 32.1. The summed E-state index contributed by atoms with van der Waals surface area (Å²) in [6.45, 7) is 0.386. The predicted octanol–water partition coefficient (Wildman–Crippen LogP) is 3.61. The van der Waals surface area contributed by atoms with E-state index in [1.165, 1.54) is 29.0 Å². The maximum Gasteiger partial charge on any atom is 0.301 e. The van der Waals surface area contributed by atoms with E-state index in [2.05, 4.69) is 20.3 Å². The number of oxazole rings is 1. The Morgan fingerprint density at radius 3 is 3.04 bits per heavy atom. The van der Waals surface area contributed by atoms with Gasteiger partial charge < -0.3 is 9.15 Å². The number of aromatic nitrogens is 3. The predicted molar refractivity (Wildman–Crippen MR) is 95.4 cm³/mol. The lowest BCUT2D eigenvalue weighted by molar-refractivity contribution is 0.102. The molecule has 0 saturated heterocycles. The second-order valence-corrected chi connectivity index (χ2v) is 6.84. The molecule has 0 bridgehead atoms. The van der Waals surface area contributed by atoms with Crippen LogP contribution in [-0.4, -0.2) is 27.5 Å². The Labute approximate surface area is 150 Å². The van der Waals surface area contributed by atoms with Crippen LogP contribution >= 0.6 is 22.7 Å². The largest absolute Gasteiger partial charge is 0.476 e. The molecule has 0 atom stereocenters. The Morgan fingerprint density at radius 1 is 1.20 bits per heavy atom. The normalized spacial score (nSPS) is 10.9. The van der Waals surface area contributed by atoms with Crippen LogP contribution in [0, 0.1) is 0 Å². The monoisotopic (exact) mass is 372 g/mol. The van der Waals surface area contributed by atoms with Gasteiger partial charge in [-0.15, -0.1) is 22.7 Å². The van der Waals surface area contributed by atoms with Crippen LogP contribution in [0.2, 0.25) is 0 Å². The quantitative estimate of drug-likeness (QED) is 0.556. The number of hydrogen-bond acceptors (Lipinski definition) is 8. The van der Waals surface area contributed by atoms with Crippen LogP contribution in [0.5, 0.6) is 5.88 Å². The molecule has 4 aromatic rings. The van der Waals surface area contributed by atoms with Gasteiger partial charge >= 0.3 is 6.01 Å². The zero-order chi connectivity index (χ0) is 17.1. The molecule has 4 aromatic heterocycles. The molecule has 126 valence electrons. The van der Waals surface area contributed by atoms with E-state index in [4.69, 9.17) is 9.15 Å². The number of fused-ring (bicyclic) bond motifs is 1. The summed E-state index contributed by atoms with van der Waals surface area (Å²) in [4.78, 5) is 24.9. The summed E-state index contributed by atoms with van der Waals surface area (Å²) in [5.41, 5.74) is 0.869. The van der Waals surface area contributed by atoms with E-state index in [1.807, 2.05) is 22.9 Å². The third kappa shape index (κ3) is 3.52. The highest BCUT2D eigenvalue weighted by Gasteiger charge is 2.12. The van der Waals surface area contributed by atoms with Crippen LogP contribution in [0.3, 0.4) is 0 Å². The fourth-order valence-corrected chi connectivity index (χ4v) is 3.57. The molecule has 4 heterocycles. The summed E-state index contributed by atoms with van der Waals surface area (Å²) in [5.74, 6) is 0.949. The average Bonchev–Trinajstić information content (AvgIpc) is 3.36. The molecule has 0 radical (unpaired) electrons. The van der Waals surface area contributed by atoms with Crippen LogP contribution in [0.4, 0.5) is 6.01 Å². The lowest BCUT2D eigenvalue weighted by Crippen LogP contribution is -2.10. The van der Waals surface area contributed by atoms with E-state index in [9.17, 15) is 4.79 Å². The van der Waals surface area contributed by atoms with Gasteiger partial charge in [0.15, 0.2) is 0 Å². The van der Waals surface area contributed by atoms with E-state index < -0.39 is 0 Å². The fourth-order valence-electron chi connectivity index (χ4n) is 2.16. The summed E-state index contributed by atoms with van der Waals surface area (Å²) < 4.78 is 12.2. The highest BCUT2D eigenvalue weighted by molar-refractivity contribution is 7.17. The first-order valence-electron chi connectivity index (χ1n) is 7.40. The minimum atomic E-state index is -0.235. The zero-order valence-electron chi connectivity index (χ0n) is 12.8. The van der Waals surface area contributed by atoms with Crippen molar-refractivity contribution in [2.75, 3.05) is 11.9 Å². The van der Waals surface area contributed by atoms with Gasteiger partial charge in [-0.2, -0.15) is 0 Å². The van der Waals surface area contributed by atoms with Gasteiger partial charge in [-0.3, -0.25) is 10.1 Å². The van der Waals surface area contributed by atoms with E-state index in [0.717, 1.165) is 10.2 Å². The number of hydrogen-bond donors (Lipinski definition) is 1. The molecule has 4 rings (SSSR count). The number of ether oxygens (including phenoxy) is 1. The van der Waals surface area contributed by atoms with E-state index in [0.29, 0.717) is 29.5 Å². The standard InChI is InChI=1S/C16H12N4O3S2/c21-14(12-2-1-6-24-12)20-16-17-8-10(23-16)3-5-22-15-13-11(4-7-25-13)18-9-19-15/h1-2,4,6-9H,3,5H2,(H,17,20,21). The molecule has 7 nitrogen and oxygen atoms in total. The molecule has 9 heteroatoms. The Morgan fingerprint density at radius 2 is 2.16 bits per heavy atom. The number of amides is 1. The maximum absolute atomic E-state index is 11.9. The Balaban J connectivity index is 1.34. The number of thiophene rings is 2. The first-order chi connectivity index (χ1) is 12.3. The minimum absolute atomic E-state index is 0.177. The summed E-state index contributed by atoms with van der Waals surface area (Å²) >= 11 is 2.90. The molecular formula is C16H12N4O3S2. The molecule has 0 aromatic carbocycles. The van der Waals surface area contributed by atoms with Crippen molar-refractivity contribution < 1.29 is 13.9 Å². The van der Waals surface area contributed by atoms with Crippen LogP contribution in [0.1, 0.15) is 15.4 Å². The Hall–Kier alpha value is -2.78. The van der Waals surface area contributed by atoms with Crippen LogP contribution < -0.4 is 10.1 Å². The molecule has 1 amide bonds. The summed E-state index contributed by atoms with van der Waals surface area (Å²) in [6, 6.07) is 5.66. The van der Waals surface area contributed by atoms with Crippen molar-refractivity contribution in [3.63, 3.8) is 0 Å². The first kappa shape index (κ1) is 15.7. The van der Waals surface area contributed by atoms with Gasteiger partial charge in [0.05, 0.1) is 23.2 Å². The van der Waals surface area contributed by atoms with Crippen molar-refractivity contribution in [1.29, 1.82) is 0 Å². The SMILES string of the molecule is O=C(Nc1ncc(CCOc2ncnc3ccsc23)o1)c1cccs1. The molecule has 0 fully saturated rings. The van der Waals surface area contributed by atoms with Crippen LogP contribution in [0.15, 0.2) is 45.9 Å². The van der Waals surface area contributed by atoms with Gasteiger partial charge in [-0.25, -0.2) is 15.0 Å². The van der Waals surface area contributed by atoms with Crippen molar-refractivity contribution in [2.45, 2.75) is 6.42 Å². The van der Waals surface area contributed by atoms with Gasteiger partial charge in [0, 0.05) is 6.42 Å². The fraction of sp³-hybridized carbons (Fsp3) is 0.125. The van der Waals surface area contributed by atoms with E-state index in [1.54, 1.807) is 12.3 Å². The van der Waals surface area contributed by atoms with Gasteiger partial charge in [0.2, 0.25) is 5.88 Å². The molecule has 1 N–H and O–H groups in total. The average molecular weight is 372 g/mol. The molecular weight excluding hydrogens is 360 g/mol. The van der Waals surface area contributed by atoms with Crippen molar-refractivity contribution in [3.8, 4) is 5.88 Å². The number of carbonyl (C=O) groups is 1. The van der Waals surface area contributed by atoms with Crippen LogP contribution in [0.25, 0.3) is 10.2 Å². The Kier molecular flexibility index (Phi) is 4.40. The summed E-state index contributed by atoms with van der Waals surface area (Å²) in [6.07, 6.45) is 3.57. The van der Waals surface area contributed by atoms with Crippen molar-refractivity contribution in [2.24, 2.45) is 0 Å². The lowest BCUT2D eigenvalue weighted by atomic mass is 10.4. The second kappa shape index (κ2) is 6.99. The molecule has 0 aliphatic heterocycles. The van der Waals surface area contributed by atoms with Gasteiger partial charge in [-0.05, 0) is 22.9 Å². The van der Waals surface area contributed by atoms with Gasteiger partial charge in [-0.1, -0.05) is 6.07 Å². The molecule has 0 unspecified atom stereocenters. The van der Waals surface area contributed by atoms with Gasteiger partial charge in [0.1, 0.15) is 16.8 Å². The minimum Gasteiger partial charge on any atom is -0.476 e. The smallest absolute Gasteiger partial charge is 0.301 e. The van der Waals surface area contributed by atoms with Crippen molar-refractivity contribution in [3.05, 3.63) is 52.1 Å². The van der Waals surface area contributed by atoms with Crippen molar-refractivity contribution in [1.82, 2.24) is 15.0 Å². The van der Waals surface area contributed by atoms with E-state index >= 15 is 0 Å². The maximum atomic E-state index is 11.9. The number of rotatable bonds is 6. The van der Waals surface area contributed by atoms with Gasteiger partial charge in [0.25, 0.3) is 5.91 Å². The second-order valence-electron chi connectivity index (χ2n) is 4.98. The molecule has 0 aliphatic rings. The molecule has 25 heavy (non-hydrogen) atoms. The summed E-state index contributed by atoms with van der Waals surface area (Å²) in [5, 5.41) is 6.42. The number of carbonyl (C=O) groups excluding carboxylic acids is 1. The third-order valence-electron chi connectivity index (χ3n) is 3.32. The molecule has 0 saturated carbocycles. The topological polar surface area (TPSA) is 90.1 Å². The number of nitrogens with one attached hydrogen (secondary N) is 1.